The monoisotopic (exact) mass is 416 g/mol. The molecule has 0 spiro atoms. The van der Waals surface area contributed by atoms with Crippen LogP contribution in [-0.4, -0.2) is 18.9 Å². The summed E-state index contributed by atoms with van der Waals surface area (Å²) in [6, 6.07) is 18.1. The largest absolute Gasteiger partial charge is 0.497 e. The molecule has 0 radical (unpaired) electrons. The van der Waals surface area contributed by atoms with Gasteiger partial charge in [0.05, 0.1) is 18.4 Å². The van der Waals surface area contributed by atoms with Crippen LogP contribution in [0.1, 0.15) is 16.7 Å². The maximum absolute atomic E-state index is 13.5. The molecule has 0 bridgehead atoms. The summed E-state index contributed by atoms with van der Waals surface area (Å²) in [4.78, 5) is 28.0. The molecule has 0 unspecified atom stereocenters. The zero-order valence-corrected chi connectivity index (χ0v) is 17.4. The number of rotatable bonds is 5. The third-order valence-corrected chi connectivity index (χ3v) is 5.17. The van der Waals surface area contributed by atoms with Crippen molar-refractivity contribution in [3.05, 3.63) is 94.9 Å². The number of carbonyl (C=O) groups is 2. The lowest BCUT2D eigenvalue weighted by Gasteiger charge is -2.18. The molecule has 1 heterocycles. The smallest absolute Gasteiger partial charge is 0.282 e. The lowest BCUT2D eigenvalue weighted by atomic mass is 10.0. The molecule has 0 aromatic heterocycles. The molecule has 156 valence electrons. The zero-order chi connectivity index (χ0) is 22.1. The average molecular weight is 416 g/mol. The Balaban J connectivity index is 1.81. The standard InChI is InChI=1S/C25H21FN2O3/c1-15-4-13-21(16(2)14-15)28-24(29)22(17-5-7-18(26)8-6-17)23(25(28)30)27-19-9-11-20(31-3)12-10-19/h4-14,27H,1-3H3. The fraction of sp³-hybridized carbons (Fsp3) is 0.120. The van der Waals surface area contributed by atoms with Crippen LogP contribution < -0.4 is 15.0 Å². The van der Waals surface area contributed by atoms with Crippen LogP contribution in [0.3, 0.4) is 0 Å². The fourth-order valence-electron chi connectivity index (χ4n) is 3.62. The lowest BCUT2D eigenvalue weighted by Crippen LogP contribution is -2.33. The lowest BCUT2D eigenvalue weighted by molar-refractivity contribution is -0.120. The molecule has 0 saturated heterocycles. The van der Waals surface area contributed by atoms with Crippen molar-refractivity contribution < 1.29 is 18.7 Å². The number of ether oxygens (including phenoxy) is 1. The minimum atomic E-state index is -0.466. The third kappa shape index (κ3) is 3.80. The van der Waals surface area contributed by atoms with E-state index in [1.807, 2.05) is 26.0 Å². The number of nitrogens with zero attached hydrogens (tertiary/aromatic N) is 1. The number of amides is 2. The van der Waals surface area contributed by atoms with Gasteiger partial charge in [0, 0.05) is 5.69 Å². The summed E-state index contributed by atoms with van der Waals surface area (Å²) in [7, 11) is 1.57. The van der Waals surface area contributed by atoms with E-state index < -0.39 is 17.6 Å². The predicted octanol–water partition coefficient (Wildman–Crippen LogP) is 4.85. The Kier molecular flexibility index (Phi) is 5.29. The summed E-state index contributed by atoms with van der Waals surface area (Å²) in [6.45, 7) is 3.80. The number of nitrogens with one attached hydrogen (secondary N) is 1. The van der Waals surface area contributed by atoms with E-state index in [1.165, 1.54) is 29.2 Å². The van der Waals surface area contributed by atoms with Gasteiger partial charge in [-0.2, -0.15) is 0 Å². The number of imide groups is 1. The summed E-state index contributed by atoms with van der Waals surface area (Å²) in [5, 5.41) is 3.08. The van der Waals surface area contributed by atoms with Gasteiger partial charge in [-0.1, -0.05) is 29.8 Å². The molecule has 1 aliphatic heterocycles. The van der Waals surface area contributed by atoms with Crippen molar-refractivity contribution in [1.82, 2.24) is 0 Å². The van der Waals surface area contributed by atoms with E-state index in [4.69, 9.17) is 4.74 Å². The van der Waals surface area contributed by atoms with Gasteiger partial charge in [0.2, 0.25) is 0 Å². The minimum absolute atomic E-state index is 0.141. The van der Waals surface area contributed by atoms with Crippen molar-refractivity contribution in [2.24, 2.45) is 0 Å². The normalized spacial score (nSPS) is 13.7. The van der Waals surface area contributed by atoms with Crippen LogP contribution in [0, 0.1) is 19.7 Å². The first kappa shape index (κ1) is 20.3. The number of anilines is 2. The van der Waals surface area contributed by atoms with Crippen LogP contribution in [0.5, 0.6) is 5.75 Å². The molecule has 3 aromatic rings. The molecule has 31 heavy (non-hydrogen) atoms. The van der Waals surface area contributed by atoms with E-state index in [-0.39, 0.29) is 11.3 Å². The van der Waals surface area contributed by atoms with Crippen LogP contribution >= 0.6 is 0 Å². The molecule has 0 fully saturated rings. The van der Waals surface area contributed by atoms with Gasteiger partial charge in [0.1, 0.15) is 17.3 Å². The van der Waals surface area contributed by atoms with Crippen molar-refractivity contribution in [3.8, 4) is 5.75 Å². The van der Waals surface area contributed by atoms with Gasteiger partial charge in [0.25, 0.3) is 11.8 Å². The molecular formula is C25H21FN2O3. The molecule has 5 nitrogen and oxygen atoms in total. The Morgan fingerprint density at radius 1 is 0.871 bits per heavy atom. The van der Waals surface area contributed by atoms with E-state index in [0.717, 1.165) is 11.1 Å². The number of halogens is 1. The van der Waals surface area contributed by atoms with E-state index >= 15 is 0 Å². The predicted molar refractivity (Wildman–Crippen MR) is 118 cm³/mol. The summed E-state index contributed by atoms with van der Waals surface area (Å²) in [5.41, 5.74) is 3.78. The third-order valence-electron chi connectivity index (χ3n) is 5.17. The van der Waals surface area contributed by atoms with Crippen LogP contribution in [0.2, 0.25) is 0 Å². The minimum Gasteiger partial charge on any atom is -0.497 e. The Bertz CT molecular complexity index is 1200. The number of hydrogen-bond donors (Lipinski definition) is 1. The van der Waals surface area contributed by atoms with Gasteiger partial charge in [-0.15, -0.1) is 0 Å². The van der Waals surface area contributed by atoms with Gasteiger partial charge in [-0.05, 0) is 67.4 Å². The first-order valence-corrected chi connectivity index (χ1v) is 9.76. The van der Waals surface area contributed by atoms with Crippen LogP contribution in [0.25, 0.3) is 5.57 Å². The number of methoxy groups -OCH3 is 1. The fourth-order valence-corrected chi connectivity index (χ4v) is 3.62. The molecule has 1 N–H and O–H groups in total. The topological polar surface area (TPSA) is 58.6 Å². The van der Waals surface area contributed by atoms with Crippen LogP contribution in [0.4, 0.5) is 15.8 Å². The van der Waals surface area contributed by atoms with Crippen LogP contribution in [0.15, 0.2) is 72.4 Å². The molecule has 2 amide bonds. The second-order valence-corrected chi connectivity index (χ2v) is 7.35. The highest BCUT2D eigenvalue weighted by Gasteiger charge is 2.40. The van der Waals surface area contributed by atoms with Crippen molar-refractivity contribution in [3.63, 3.8) is 0 Å². The number of hydrogen-bond acceptors (Lipinski definition) is 4. The first-order valence-electron chi connectivity index (χ1n) is 9.76. The highest BCUT2D eigenvalue weighted by atomic mass is 19.1. The van der Waals surface area contributed by atoms with Crippen molar-refractivity contribution >= 4 is 28.8 Å². The molecule has 4 rings (SSSR count). The van der Waals surface area contributed by atoms with Crippen LogP contribution in [-0.2, 0) is 9.59 Å². The molecule has 3 aromatic carbocycles. The van der Waals surface area contributed by atoms with Crippen molar-refractivity contribution in [1.29, 1.82) is 0 Å². The summed E-state index contributed by atoms with van der Waals surface area (Å²) in [6.07, 6.45) is 0. The average Bonchev–Trinajstić information content (AvgIpc) is 2.99. The molecule has 6 heteroatoms. The molecule has 0 aliphatic carbocycles. The van der Waals surface area contributed by atoms with E-state index in [0.29, 0.717) is 22.7 Å². The van der Waals surface area contributed by atoms with Gasteiger partial charge in [-0.3, -0.25) is 9.59 Å². The Labute approximate surface area is 179 Å². The molecular weight excluding hydrogens is 395 g/mol. The van der Waals surface area contributed by atoms with Crippen molar-refractivity contribution in [2.75, 3.05) is 17.3 Å². The number of aryl methyl sites for hydroxylation is 2. The SMILES string of the molecule is COc1ccc(NC2=C(c3ccc(F)cc3)C(=O)N(c3ccc(C)cc3C)C2=O)cc1. The van der Waals surface area contributed by atoms with Gasteiger partial charge >= 0.3 is 0 Å². The Morgan fingerprint density at radius 3 is 2.16 bits per heavy atom. The van der Waals surface area contributed by atoms with Crippen molar-refractivity contribution in [2.45, 2.75) is 13.8 Å². The quantitative estimate of drug-likeness (QED) is 0.604. The summed E-state index contributed by atoms with van der Waals surface area (Å²) >= 11 is 0. The zero-order valence-electron chi connectivity index (χ0n) is 17.4. The van der Waals surface area contributed by atoms with E-state index in [2.05, 4.69) is 5.32 Å². The number of carbonyl (C=O) groups excluding carboxylic acids is 2. The molecule has 0 saturated carbocycles. The number of benzene rings is 3. The molecule has 1 aliphatic rings. The first-order chi connectivity index (χ1) is 14.9. The second kappa shape index (κ2) is 8.07. The summed E-state index contributed by atoms with van der Waals surface area (Å²) < 4.78 is 18.7. The highest BCUT2D eigenvalue weighted by Crippen LogP contribution is 2.35. The van der Waals surface area contributed by atoms with E-state index in [9.17, 15) is 14.0 Å². The van der Waals surface area contributed by atoms with Gasteiger partial charge < -0.3 is 10.1 Å². The maximum atomic E-state index is 13.5. The van der Waals surface area contributed by atoms with Gasteiger partial charge in [-0.25, -0.2) is 9.29 Å². The Hall–Kier alpha value is -3.93. The maximum Gasteiger partial charge on any atom is 0.282 e. The van der Waals surface area contributed by atoms with Gasteiger partial charge in [0.15, 0.2) is 0 Å². The Morgan fingerprint density at radius 2 is 1.55 bits per heavy atom. The highest BCUT2D eigenvalue weighted by molar-refractivity contribution is 6.46. The van der Waals surface area contributed by atoms with E-state index in [1.54, 1.807) is 37.4 Å². The molecule has 0 atom stereocenters. The summed E-state index contributed by atoms with van der Waals surface area (Å²) in [5.74, 6) is -0.673. The second-order valence-electron chi connectivity index (χ2n) is 7.35.